The van der Waals surface area contributed by atoms with E-state index in [1.807, 2.05) is 13.8 Å². The third-order valence-electron chi connectivity index (χ3n) is 3.10. The van der Waals surface area contributed by atoms with E-state index in [2.05, 4.69) is 15.5 Å². The molecule has 1 amide bonds. The molecule has 9 nitrogen and oxygen atoms in total. The summed E-state index contributed by atoms with van der Waals surface area (Å²) in [4.78, 5) is 34.2. The summed E-state index contributed by atoms with van der Waals surface area (Å²) in [6.45, 7) is 5.01. The fourth-order valence-corrected chi connectivity index (χ4v) is 2.64. The van der Waals surface area contributed by atoms with Crippen LogP contribution in [0.2, 0.25) is 0 Å². The van der Waals surface area contributed by atoms with Gasteiger partial charge in [0, 0.05) is 18.1 Å². The van der Waals surface area contributed by atoms with Gasteiger partial charge in [-0.25, -0.2) is 0 Å². The Morgan fingerprint density at radius 1 is 1.43 bits per heavy atom. The van der Waals surface area contributed by atoms with Crippen LogP contribution in [0.5, 0.6) is 0 Å². The van der Waals surface area contributed by atoms with E-state index >= 15 is 0 Å². The Kier molecular flexibility index (Phi) is 4.84. The molecule has 10 heteroatoms. The summed E-state index contributed by atoms with van der Waals surface area (Å²) in [6.07, 6.45) is 0. The molecule has 0 unspecified atom stereocenters. The van der Waals surface area contributed by atoms with E-state index < -0.39 is 16.4 Å². The van der Waals surface area contributed by atoms with Gasteiger partial charge in [0.2, 0.25) is 11.0 Å². The van der Waals surface area contributed by atoms with E-state index in [0.717, 1.165) is 21.7 Å². The summed E-state index contributed by atoms with van der Waals surface area (Å²) >= 11 is 1.25. The highest BCUT2D eigenvalue weighted by molar-refractivity contribution is 7.15. The quantitative estimate of drug-likeness (QED) is 0.654. The van der Waals surface area contributed by atoms with Crippen LogP contribution >= 0.6 is 11.3 Å². The zero-order chi connectivity index (χ0) is 17.1. The van der Waals surface area contributed by atoms with Crippen molar-refractivity contribution >= 4 is 28.1 Å². The molecule has 0 radical (unpaired) electrons. The van der Waals surface area contributed by atoms with Gasteiger partial charge < -0.3 is 0 Å². The van der Waals surface area contributed by atoms with E-state index in [4.69, 9.17) is 0 Å². The predicted molar refractivity (Wildman–Crippen MR) is 84.7 cm³/mol. The van der Waals surface area contributed by atoms with Crippen LogP contribution in [-0.4, -0.2) is 25.6 Å². The van der Waals surface area contributed by atoms with Gasteiger partial charge in [0.05, 0.1) is 10.6 Å². The lowest BCUT2D eigenvalue weighted by Gasteiger charge is -2.08. The highest BCUT2D eigenvalue weighted by Gasteiger charge is 2.17. The van der Waals surface area contributed by atoms with Crippen molar-refractivity contribution in [3.05, 3.63) is 43.3 Å². The average Bonchev–Trinajstić information content (AvgIpc) is 2.91. The summed E-state index contributed by atoms with van der Waals surface area (Å²) in [5.74, 6) is -0.304. The second-order valence-electron chi connectivity index (χ2n) is 5.13. The fourth-order valence-electron chi connectivity index (χ4n) is 1.87. The third kappa shape index (κ3) is 3.77. The van der Waals surface area contributed by atoms with Gasteiger partial charge in [-0.1, -0.05) is 25.2 Å². The maximum atomic E-state index is 12.0. The Labute approximate surface area is 135 Å². The minimum absolute atomic E-state index is 0.123. The van der Waals surface area contributed by atoms with Gasteiger partial charge >= 0.3 is 0 Å². The second kappa shape index (κ2) is 6.65. The molecule has 1 N–H and O–H groups in total. The number of nitrogens with one attached hydrogen (secondary N) is 1. The lowest BCUT2D eigenvalue weighted by molar-refractivity contribution is -0.386. The van der Waals surface area contributed by atoms with Crippen LogP contribution in [-0.2, 0) is 11.3 Å². The molecule has 0 aliphatic carbocycles. The standard InChI is InChI=1S/C13H15N5O4S/c1-7(2)12-15-16-13(23-12)14-10(19)6-17-8(3)9(18(21)22)4-5-11(17)20/h4-5,7H,6H2,1-3H3,(H,14,16,19). The smallest absolute Gasteiger partial charge is 0.288 e. The zero-order valence-corrected chi connectivity index (χ0v) is 13.6. The van der Waals surface area contributed by atoms with Crippen molar-refractivity contribution in [3.63, 3.8) is 0 Å². The van der Waals surface area contributed by atoms with Gasteiger partial charge in [0.15, 0.2) is 0 Å². The molecule has 0 fully saturated rings. The van der Waals surface area contributed by atoms with Crippen molar-refractivity contribution in [1.29, 1.82) is 0 Å². The number of aromatic nitrogens is 3. The number of amides is 1. The molecule has 122 valence electrons. The third-order valence-corrected chi connectivity index (χ3v) is 4.24. The Hall–Kier alpha value is -2.62. The van der Waals surface area contributed by atoms with Crippen LogP contribution in [0.15, 0.2) is 16.9 Å². The van der Waals surface area contributed by atoms with Crippen molar-refractivity contribution in [1.82, 2.24) is 14.8 Å². The number of pyridine rings is 1. The first-order valence-electron chi connectivity index (χ1n) is 6.77. The van der Waals surface area contributed by atoms with Crippen LogP contribution in [0.4, 0.5) is 10.8 Å². The van der Waals surface area contributed by atoms with Crippen molar-refractivity contribution in [2.75, 3.05) is 5.32 Å². The molecular weight excluding hydrogens is 322 g/mol. The average molecular weight is 337 g/mol. The minimum Gasteiger partial charge on any atom is -0.299 e. The molecule has 2 rings (SSSR count). The number of hydrogen-bond donors (Lipinski definition) is 1. The van der Waals surface area contributed by atoms with Crippen LogP contribution in [0.3, 0.4) is 0 Å². The molecular formula is C13H15N5O4S. The second-order valence-corrected chi connectivity index (χ2v) is 6.14. The fraction of sp³-hybridized carbons (Fsp3) is 0.385. The molecule has 2 heterocycles. The molecule has 0 aliphatic heterocycles. The SMILES string of the molecule is Cc1c([N+](=O)[O-])ccc(=O)n1CC(=O)Nc1nnc(C(C)C)s1. The van der Waals surface area contributed by atoms with E-state index in [9.17, 15) is 19.7 Å². The molecule has 2 aromatic rings. The minimum atomic E-state index is -0.594. The first-order chi connectivity index (χ1) is 10.8. The van der Waals surface area contributed by atoms with Gasteiger partial charge in [-0.15, -0.1) is 10.2 Å². The van der Waals surface area contributed by atoms with Gasteiger partial charge in [0.1, 0.15) is 11.6 Å². The highest BCUT2D eigenvalue weighted by atomic mass is 32.1. The molecule has 0 bridgehead atoms. The number of nitro groups is 1. The summed E-state index contributed by atoms with van der Waals surface area (Å²) in [6, 6.07) is 2.20. The van der Waals surface area contributed by atoms with Gasteiger partial charge in [0.25, 0.3) is 11.2 Å². The van der Waals surface area contributed by atoms with Crippen molar-refractivity contribution < 1.29 is 9.72 Å². The van der Waals surface area contributed by atoms with E-state index in [1.54, 1.807) is 0 Å². The Bertz CT molecular complexity index is 811. The summed E-state index contributed by atoms with van der Waals surface area (Å²) < 4.78 is 1.05. The Morgan fingerprint density at radius 3 is 2.70 bits per heavy atom. The molecule has 0 aromatic carbocycles. The van der Waals surface area contributed by atoms with Crippen LogP contribution in [0.25, 0.3) is 0 Å². The molecule has 0 saturated carbocycles. The number of nitrogens with zero attached hydrogens (tertiary/aromatic N) is 4. The lowest BCUT2D eigenvalue weighted by Crippen LogP contribution is -2.29. The Balaban J connectivity index is 2.18. The molecule has 0 atom stereocenters. The monoisotopic (exact) mass is 337 g/mol. The zero-order valence-electron chi connectivity index (χ0n) is 12.8. The Morgan fingerprint density at radius 2 is 2.13 bits per heavy atom. The van der Waals surface area contributed by atoms with Crippen molar-refractivity contribution in [2.24, 2.45) is 0 Å². The number of hydrogen-bond acceptors (Lipinski definition) is 7. The van der Waals surface area contributed by atoms with Gasteiger partial charge in [-0.2, -0.15) is 0 Å². The predicted octanol–water partition coefficient (Wildman–Crippen LogP) is 1.68. The maximum Gasteiger partial charge on any atom is 0.288 e. The summed E-state index contributed by atoms with van der Waals surface area (Å²) in [7, 11) is 0. The largest absolute Gasteiger partial charge is 0.299 e. The number of carbonyl (C=O) groups excluding carboxylic acids is 1. The van der Waals surface area contributed by atoms with Crippen LogP contribution in [0, 0.1) is 17.0 Å². The highest BCUT2D eigenvalue weighted by Crippen LogP contribution is 2.22. The van der Waals surface area contributed by atoms with E-state index in [1.165, 1.54) is 18.3 Å². The van der Waals surface area contributed by atoms with Crippen molar-refractivity contribution in [2.45, 2.75) is 33.2 Å². The number of rotatable bonds is 5. The van der Waals surface area contributed by atoms with Crippen LogP contribution < -0.4 is 10.9 Å². The van der Waals surface area contributed by atoms with E-state index in [-0.39, 0.29) is 23.8 Å². The molecule has 0 spiro atoms. The molecule has 0 aliphatic rings. The molecule has 0 saturated heterocycles. The van der Waals surface area contributed by atoms with Crippen LogP contribution in [0.1, 0.15) is 30.5 Å². The first kappa shape index (κ1) is 16.7. The van der Waals surface area contributed by atoms with Crippen molar-refractivity contribution in [3.8, 4) is 0 Å². The topological polar surface area (TPSA) is 120 Å². The normalized spacial score (nSPS) is 10.8. The number of anilines is 1. The number of carbonyl (C=O) groups is 1. The molecule has 23 heavy (non-hydrogen) atoms. The van der Waals surface area contributed by atoms with E-state index in [0.29, 0.717) is 5.13 Å². The summed E-state index contributed by atoms with van der Waals surface area (Å²) in [5.41, 5.74) is -0.573. The van der Waals surface area contributed by atoms with Gasteiger partial charge in [-0.3, -0.25) is 29.6 Å². The summed E-state index contributed by atoms with van der Waals surface area (Å²) in [5, 5.41) is 22.4. The molecule has 2 aromatic heterocycles. The first-order valence-corrected chi connectivity index (χ1v) is 7.59. The lowest BCUT2D eigenvalue weighted by atomic mass is 10.2. The maximum absolute atomic E-state index is 12.0. The van der Waals surface area contributed by atoms with Gasteiger partial charge in [-0.05, 0) is 6.92 Å².